The largest absolute Gasteiger partial charge is 0.478 e. The summed E-state index contributed by atoms with van der Waals surface area (Å²) < 4.78 is 5.34. The number of esters is 1. The van der Waals surface area contributed by atoms with Crippen molar-refractivity contribution in [2.24, 2.45) is 0 Å². The zero-order chi connectivity index (χ0) is 23.4. The molecule has 0 spiro atoms. The van der Waals surface area contributed by atoms with Crippen molar-refractivity contribution in [3.63, 3.8) is 0 Å². The first-order valence-corrected chi connectivity index (χ1v) is 10.6. The second-order valence-corrected chi connectivity index (χ2v) is 7.74. The minimum atomic E-state index is -1.03. The molecule has 6 nitrogen and oxygen atoms in total. The first-order valence-electron chi connectivity index (χ1n) is 9.80. The van der Waals surface area contributed by atoms with E-state index in [0.29, 0.717) is 28.1 Å². The van der Waals surface area contributed by atoms with Crippen LogP contribution in [0, 0.1) is 0 Å². The van der Waals surface area contributed by atoms with Crippen molar-refractivity contribution in [1.29, 1.82) is 0 Å². The van der Waals surface area contributed by atoms with E-state index < -0.39 is 11.9 Å². The molecule has 33 heavy (non-hydrogen) atoms. The second-order valence-electron chi connectivity index (χ2n) is 7.02. The topological polar surface area (TPSA) is 89.4 Å². The third-order valence-corrected chi connectivity index (χ3v) is 5.35. The average molecular weight is 479 g/mol. The number of aromatic nitrogens is 2. The van der Waals surface area contributed by atoms with Crippen LogP contribution in [0.4, 0.5) is 0 Å². The molecule has 3 aromatic carbocycles. The maximum absolute atomic E-state index is 12.3. The number of aromatic carboxylic acids is 1. The minimum absolute atomic E-state index is 0.115. The van der Waals surface area contributed by atoms with E-state index in [-0.39, 0.29) is 22.5 Å². The number of carbonyl (C=O) groups excluding carboxylic acids is 1. The Hall–Kier alpha value is -3.74. The van der Waals surface area contributed by atoms with Gasteiger partial charge < -0.3 is 9.84 Å². The molecule has 8 heteroatoms. The number of benzene rings is 3. The molecular weight excluding hydrogens is 463 g/mol. The standard InChI is InChI=1S/C25H16Cl2N2O4/c26-22-20(16-6-10-18(11-7-16)24(30)31)28-23(27)21(29-22)17-8-12-19(13-9-17)25(32)33-14-15-4-2-1-3-5-15/h1-13H,14H2,(H,30,31). The Balaban J connectivity index is 1.52. The lowest BCUT2D eigenvalue weighted by atomic mass is 10.1. The molecule has 0 radical (unpaired) electrons. The van der Waals surface area contributed by atoms with Gasteiger partial charge in [-0.2, -0.15) is 0 Å². The van der Waals surface area contributed by atoms with E-state index in [1.54, 1.807) is 36.4 Å². The van der Waals surface area contributed by atoms with Gasteiger partial charge in [0.15, 0.2) is 10.3 Å². The number of carboxylic acid groups (broad SMARTS) is 1. The summed E-state index contributed by atoms with van der Waals surface area (Å²) in [5.74, 6) is -1.47. The van der Waals surface area contributed by atoms with E-state index >= 15 is 0 Å². The van der Waals surface area contributed by atoms with Crippen molar-refractivity contribution >= 4 is 35.1 Å². The van der Waals surface area contributed by atoms with E-state index in [0.717, 1.165) is 5.56 Å². The van der Waals surface area contributed by atoms with Gasteiger partial charge in [0.25, 0.3) is 0 Å². The van der Waals surface area contributed by atoms with Gasteiger partial charge in [-0.1, -0.05) is 77.8 Å². The van der Waals surface area contributed by atoms with Crippen LogP contribution in [0.3, 0.4) is 0 Å². The Morgan fingerprint density at radius 1 is 0.727 bits per heavy atom. The lowest BCUT2D eigenvalue weighted by Crippen LogP contribution is -2.05. The van der Waals surface area contributed by atoms with Crippen molar-refractivity contribution in [1.82, 2.24) is 9.97 Å². The maximum atomic E-state index is 12.3. The third kappa shape index (κ3) is 5.19. The zero-order valence-electron chi connectivity index (χ0n) is 17.0. The van der Waals surface area contributed by atoms with Crippen LogP contribution in [0.1, 0.15) is 26.3 Å². The predicted molar refractivity (Wildman–Crippen MR) is 125 cm³/mol. The Morgan fingerprint density at radius 2 is 1.21 bits per heavy atom. The molecule has 0 saturated heterocycles. The molecule has 164 valence electrons. The van der Waals surface area contributed by atoms with Gasteiger partial charge in [0.05, 0.1) is 11.1 Å². The average Bonchev–Trinajstić information content (AvgIpc) is 2.84. The Kier molecular flexibility index (Phi) is 6.68. The van der Waals surface area contributed by atoms with Gasteiger partial charge in [-0.25, -0.2) is 19.6 Å². The second kappa shape index (κ2) is 9.81. The molecule has 4 aromatic rings. The van der Waals surface area contributed by atoms with Gasteiger partial charge in [-0.15, -0.1) is 0 Å². The Labute approximate surface area is 199 Å². The van der Waals surface area contributed by atoms with Gasteiger partial charge in [-0.3, -0.25) is 0 Å². The number of rotatable bonds is 6. The lowest BCUT2D eigenvalue weighted by Gasteiger charge is -2.10. The van der Waals surface area contributed by atoms with Crippen LogP contribution >= 0.6 is 23.2 Å². The minimum Gasteiger partial charge on any atom is -0.478 e. The number of hydrogen-bond acceptors (Lipinski definition) is 5. The quantitative estimate of drug-likeness (QED) is 0.333. The molecule has 0 saturated carbocycles. The summed E-state index contributed by atoms with van der Waals surface area (Å²) in [6, 6.07) is 22.1. The normalized spacial score (nSPS) is 10.6. The number of ether oxygens (including phenoxy) is 1. The van der Waals surface area contributed by atoms with E-state index in [2.05, 4.69) is 9.97 Å². The highest BCUT2D eigenvalue weighted by molar-refractivity contribution is 6.34. The van der Waals surface area contributed by atoms with Crippen LogP contribution in [0.5, 0.6) is 0 Å². The van der Waals surface area contributed by atoms with Gasteiger partial charge in [0, 0.05) is 11.1 Å². The van der Waals surface area contributed by atoms with Crippen LogP contribution in [-0.2, 0) is 11.3 Å². The van der Waals surface area contributed by atoms with Crippen LogP contribution in [0.2, 0.25) is 10.3 Å². The highest BCUT2D eigenvalue weighted by atomic mass is 35.5. The number of carbonyl (C=O) groups is 2. The van der Waals surface area contributed by atoms with Crippen molar-refractivity contribution in [2.45, 2.75) is 6.61 Å². The van der Waals surface area contributed by atoms with E-state index in [4.69, 9.17) is 33.0 Å². The number of carboxylic acids is 1. The molecule has 1 heterocycles. The lowest BCUT2D eigenvalue weighted by molar-refractivity contribution is 0.0472. The Bertz CT molecular complexity index is 1310. The molecule has 0 unspecified atom stereocenters. The molecular formula is C25H16Cl2N2O4. The molecule has 0 aliphatic rings. The summed E-state index contributed by atoms with van der Waals surface area (Å²) in [5, 5.41) is 9.28. The van der Waals surface area contributed by atoms with Crippen LogP contribution in [0.15, 0.2) is 78.9 Å². The van der Waals surface area contributed by atoms with Gasteiger partial charge in [0.1, 0.15) is 18.0 Å². The van der Waals surface area contributed by atoms with Gasteiger partial charge >= 0.3 is 11.9 Å². The summed E-state index contributed by atoms with van der Waals surface area (Å²) in [7, 11) is 0. The highest BCUT2D eigenvalue weighted by Gasteiger charge is 2.16. The molecule has 1 N–H and O–H groups in total. The van der Waals surface area contributed by atoms with E-state index in [1.165, 1.54) is 12.1 Å². The van der Waals surface area contributed by atoms with Gasteiger partial charge in [0.2, 0.25) is 0 Å². The molecule has 0 fully saturated rings. The molecule has 0 bridgehead atoms. The van der Waals surface area contributed by atoms with E-state index in [9.17, 15) is 9.59 Å². The molecule has 0 aliphatic heterocycles. The summed E-state index contributed by atoms with van der Waals surface area (Å²) in [6.07, 6.45) is 0. The first kappa shape index (κ1) is 22.5. The fourth-order valence-electron chi connectivity index (χ4n) is 3.10. The molecule has 0 atom stereocenters. The van der Waals surface area contributed by atoms with Crippen molar-refractivity contribution in [3.05, 3.63) is 106 Å². The van der Waals surface area contributed by atoms with Crippen molar-refractivity contribution in [3.8, 4) is 22.5 Å². The Morgan fingerprint density at radius 3 is 1.70 bits per heavy atom. The molecule has 4 rings (SSSR count). The molecule has 1 aromatic heterocycles. The summed E-state index contributed by atoms with van der Waals surface area (Å²) >= 11 is 12.7. The monoisotopic (exact) mass is 478 g/mol. The van der Waals surface area contributed by atoms with Gasteiger partial charge in [-0.05, 0) is 29.8 Å². The first-order chi connectivity index (χ1) is 15.9. The molecule has 0 amide bonds. The number of halogens is 2. The third-order valence-electron chi connectivity index (χ3n) is 4.82. The fraction of sp³-hybridized carbons (Fsp3) is 0.0400. The fourth-order valence-corrected chi connectivity index (χ4v) is 3.57. The van der Waals surface area contributed by atoms with Crippen LogP contribution < -0.4 is 0 Å². The van der Waals surface area contributed by atoms with Crippen molar-refractivity contribution in [2.75, 3.05) is 0 Å². The number of hydrogen-bond donors (Lipinski definition) is 1. The maximum Gasteiger partial charge on any atom is 0.338 e. The summed E-state index contributed by atoms with van der Waals surface area (Å²) in [4.78, 5) is 32.1. The zero-order valence-corrected chi connectivity index (χ0v) is 18.5. The number of nitrogens with zero attached hydrogens (tertiary/aromatic N) is 2. The predicted octanol–water partition coefficient (Wildman–Crippen LogP) is 6.17. The van der Waals surface area contributed by atoms with Crippen molar-refractivity contribution < 1.29 is 19.4 Å². The molecule has 0 aliphatic carbocycles. The van der Waals surface area contributed by atoms with Crippen LogP contribution in [-0.4, -0.2) is 27.0 Å². The SMILES string of the molecule is O=C(O)c1ccc(-c2nc(Cl)c(-c3ccc(C(=O)OCc4ccccc4)cc3)nc2Cl)cc1. The summed E-state index contributed by atoms with van der Waals surface area (Å²) in [6.45, 7) is 0.184. The highest BCUT2D eigenvalue weighted by Crippen LogP contribution is 2.32. The van der Waals surface area contributed by atoms with E-state index in [1.807, 2.05) is 30.3 Å². The van der Waals surface area contributed by atoms with Crippen LogP contribution in [0.25, 0.3) is 22.5 Å². The summed E-state index contributed by atoms with van der Waals surface area (Å²) in [5.41, 5.74) is 3.34. The smallest absolute Gasteiger partial charge is 0.338 e.